The third kappa shape index (κ3) is 3.89. The van der Waals surface area contributed by atoms with E-state index in [1.807, 2.05) is 48.5 Å². The van der Waals surface area contributed by atoms with Crippen LogP contribution in [0, 0.1) is 5.92 Å². The van der Waals surface area contributed by atoms with E-state index in [0.717, 1.165) is 24.0 Å². The average molecular weight is 412 g/mol. The molecule has 0 unspecified atom stereocenters. The molecular formula is C23H26ClN3O2. The van der Waals surface area contributed by atoms with Gasteiger partial charge in [0, 0.05) is 44.3 Å². The van der Waals surface area contributed by atoms with Crippen molar-refractivity contribution in [2.24, 2.45) is 5.92 Å². The molecule has 2 aliphatic heterocycles. The van der Waals surface area contributed by atoms with Crippen LogP contribution in [0.2, 0.25) is 5.02 Å². The van der Waals surface area contributed by atoms with Crippen LogP contribution in [-0.2, 0) is 17.8 Å². The maximum atomic E-state index is 13.1. The van der Waals surface area contributed by atoms with Crippen molar-refractivity contribution in [3.8, 4) is 0 Å². The molecule has 0 radical (unpaired) electrons. The van der Waals surface area contributed by atoms with Gasteiger partial charge >= 0.3 is 0 Å². The normalized spacial score (nSPS) is 24.1. The molecule has 0 aliphatic carbocycles. The van der Waals surface area contributed by atoms with Crippen LogP contribution in [0.1, 0.15) is 27.9 Å². The summed E-state index contributed by atoms with van der Waals surface area (Å²) in [5.41, 5.74) is 2.30. The molecule has 1 spiro atoms. The van der Waals surface area contributed by atoms with Crippen LogP contribution in [0.25, 0.3) is 0 Å². The number of rotatable bonds is 3. The molecule has 4 rings (SSSR count). The predicted molar refractivity (Wildman–Crippen MR) is 114 cm³/mol. The van der Waals surface area contributed by atoms with Crippen molar-refractivity contribution in [1.82, 2.24) is 15.1 Å². The summed E-state index contributed by atoms with van der Waals surface area (Å²) in [5, 5.41) is 3.97. The summed E-state index contributed by atoms with van der Waals surface area (Å²) >= 11 is 6.15. The number of benzene rings is 2. The lowest BCUT2D eigenvalue weighted by Crippen LogP contribution is -2.57. The number of nitrogens with one attached hydrogen (secondary N) is 1. The highest BCUT2D eigenvalue weighted by atomic mass is 35.5. The SMILES string of the molecule is CN(C)C(=O)[C@H]1CN(Cc2cccc(Cl)c2)C[C@@]12CCc1ccccc1C(=O)N2. The number of fused-ring (bicyclic) bond motifs is 1. The summed E-state index contributed by atoms with van der Waals surface area (Å²) in [4.78, 5) is 30.0. The van der Waals surface area contributed by atoms with Crippen molar-refractivity contribution in [2.75, 3.05) is 27.2 Å². The molecule has 1 N–H and O–H groups in total. The minimum absolute atomic E-state index is 0.0600. The average Bonchev–Trinajstić information content (AvgIpc) is 2.95. The molecule has 29 heavy (non-hydrogen) atoms. The van der Waals surface area contributed by atoms with E-state index >= 15 is 0 Å². The molecule has 0 saturated carbocycles. The molecule has 6 heteroatoms. The predicted octanol–water partition coefficient (Wildman–Crippen LogP) is 2.98. The Morgan fingerprint density at radius 3 is 2.79 bits per heavy atom. The van der Waals surface area contributed by atoms with Gasteiger partial charge in [0.2, 0.25) is 5.91 Å². The number of carbonyl (C=O) groups excluding carboxylic acids is 2. The van der Waals surface area contributed by atoms with Gasteiger partial charge in [-0.25, -0.2) is 0 Å². The fourth-order valence-electron chi connectivity index (χ4n) is 4.70. The number of halogens is 1. The molecule has 2 amide bonds. The molecular weight excluding hydrogens is 386 g/mol. The standard InChI is InChI=1S/C23H26ClN3O2/c1-26(2)22(29)20-14-27(13-16-6-5-8-18(24)12-16)15-23(20)11-10-17-7-3-4-9-19(17)21(28)25-23/h3-9,12,20H,10-11,13-15H2,1-2H3,(H,25,28)/t20-,23+/m1/s1. The zero-order chi connectivity index (χ0) is 20.6. The smallest absolute Gasteiger partial charge is 0.252 e. The lowest BCUT2D eigenvalue weighted by atomic mass is 9.81. The van der Waals surface area contributed by atoms with E-state index in [1.54, 1.807) is 19.0 Å². The van der Waals surface area contributed by atoms with Gasteiger partial charge in [-0.1, -0.05) is 41.9 Å². The zero-order valence-corrected chi connectivity index (χ0v) is 17.6. The van der Waals surface area contributed by atoms with Crippen molar-refractivity contribution in [2.45, 2.75) is 24.9 Å². The van der Waals surface area contributed by atoms with Gasteiger partial charge in [0.1, 0.15) is 0 Å². The highest BCUT2D eigenvalue weighted by Gasteiger charge is 2.52. The second-order valence-corrected chi connectivity index (χ2v) is 8.79. The van der Waals surface area contributed by atoms with Gasteiger partial charge in [0.15, 0.2) is 0 Å². The van der Waals surface area contributed by atoms with E-state index in [1.165, 1.54) is 0 Å². The first-order valence-electron chi connectivity index (χ1n) is 9.96. The monoisotopic (exact) mass is 411 g/mol. The van der Waals surface area contributed by atoms with E-state index < -0.39 is 5.54 Å². The maximum Gasteiger partial charge on any atom is 0.252 e. The van der Waals surface area contributed by atoms with Crippen LogP contribution >= 0.6 is 11.6 Å². The highest BCUT2D eigenvalue weighted by Crippen LogP contribution is 2.36. The number of amides is 2. The Hall–Kier alpha value is -2.37. The lowest BCUT2D eigenvalue weighted by molar-refractivity contribution is -0.134. The second kappa shape index (κ2) is 7.81. The van der Waals surface area contributed by atoms with Gasteiger partial charge in [-0.05, 0) is 42.2 Å². The summed E-state index contributed by atoms with van der Waals surface area (Å²) in [6.45, 7) is 1.95. The fraction of sp³-hybridized carbons (Fsp3) is 0.391. The van der Waals surface area contributed by atoms with E-state index in [0.29, 0.717) is 30.2 Å². The highest BCUT2D eigenvalue weighted by molar-refractivity contribution is 6.30. The molecule has 0 bridgehead atoms. The van der Waals surface area contributed by atoms with Crippen LogP contribution in [0.5, 0.6) is 0 Å². The third-order valence-electron chi connectivity index (χ3n) is 6.11. The Morgan fingerprint density at radius 1 is 1.24 bits per heavy atom. The van der Waals surface area contributed by atoms with Gasteiger partial charge in [0.25, 0.3) is 5.91 Å². The Bertz CT molecular complexity index is 945. The van der Waals surface area contributed by atoms with Crippen molar-refractivity contribution >= 4 is 23.4 Å². The first-order valence-corrected chi connectivity index (χ1v) is 10.3. The minimum Gasteiger partial charge on any atom is -0.348 e. The molecule has 1 saturated heterocycles. The molecule has 2 aromatic rings. The molecule has 5 nitrogen and oxygen atoms in total. The number of nitrogens with zero attached hydrogens (tertiary/aromatic N) is 2. The van der Waals surface area contributed by atoms with E-state index in [-0.39, 0.29) is 17.7 Å². The Labute approximate surface area is 176 Å². The first kappa shape index (κ1) is 19.9. The molecule has 1 fully saturated rings. The molecule has 2 atom stereocenters. The van der Waals surface area contributed by atoms with Crippen LogP contribution in [-0.4, -0.2) is 54.3 Å². The van der Waals surface area contributed by atoms with Crippen LogP contribution in [0.4, 0.5) is 0 Å². The lowest BCUT2D eigenvalue weighted by Gasteiger charge is -2.35. The quantitative estimate of drug-likeness (QED) is 0.844. The van der Waals surface area contributed by atoms with Gasteiger partial charge in [-0.15, -0.1) is 0 Å². The van der Waals surface area contributed by atoms with Crippen molar-refractivity contribution in [3.63, 3.8) is 0 Å². The molecule has 2 aliphatic rings. The maximum absolute atomic E-state index is 13.1. The molecule has 152 valence electrons. The number of hydrogen-bond acceptors (Lipinski definition) is 3. The van der Waals surface area contributed by atoms with Crippen molar-refractivity contribution in [3.05, 3.63) is 70.2 Å². The fourth-order valence-corrected chi connectivity index (χ4v) is 4.91. The van der Waals surface area contributed by atoms with Crippen LogP contribution in [0.15, 0.2) is 48.5 Å². The van der Waals surface area contributed by atoms with E-state index in [4.69, 9.17) is 11.6 Å². The Morgan fingerprint density at radius 2 is 2.03 bits per heavy atom. The second-order valence-electron chi connectivity index (χ2n) is 8.35. The first-order chi connectivity index (χ1) is 13.9. The van der Waals surface area contributed by atoms with Crippen LogP contribution < -0.4 is 5.32 Å². The molecule has 0 aromatic heterocycles. The molecule has 2 aromatic carbocycles. The number of aryl methyl sites for hydroxylation is 1. The summed E-state index contributed by atoms with van der Waals surface area (Å²) in [6, 6.07) is 15.5. The van der Waals surface area contributed by atoms with Gasteiger partial charge < -0.3 is 10.2 Å². The summed E-state index contributed by atoms with van der Waals surface area (Å²) in [7, 11) is 3.56. The minimum atomic E-state index is -0.573. The van der Waals surface area contributed by atoms with Crippen molar-refractivity contribution < 1.29 is 9.59 Å². The van der Waals surface area contributed by atoms with E-state index in [9.17, 15) is 9.59 Å². The van der Waals surface area contributed by atoms with Gasteiger partial charge in [0.05, 0.1) is 11.5 Å². The largest absolute Gasteiger partial charge is 0.348 e. The topological polar surface area (TPSA) is 52.7 Å². The summed E-state index contributed by atoms with van der Waals surface area (Å²) in [6.07, 6.45) is 1.52. The third-order valence-corrected chi connectivity index (χ3v) is 6.35. The Kier molecular flexibility index (Phi) is 5.36. The van der Waals surface area contributed by atoms with Crippen LogP contribution in [0.3, 0.4) is 0 Å². The molecule has 2 heterocycles. The number of hydrogen-bond donors (Lipinski definition) is 1. The number of likely N-dealkylation sites (tertiary alicyclic amines) is 1. The van der Waals surface area contributed by atoms with Gasteiger partial charge in [-0.3, -0.25) is 14.5 Å². The van der Waals surface area contributed by atoms with E-state index in [2.05, 4.69) is 10.2 Å². The zero-order valence-electron chi connectivity index (χ0n) is 16.8. The summed E-state index contributed by atoms with van der Waals surface area (Å²) < 4.78 is 0. The summed E-state index contributed by atoms with van der Waals surface area (Å²) in [5.74, 6) is -0.306. The van der Waals surface area contributed by atoms with Gasteiger partial charge in [-0.2, -0.15) is 0 Å². The Balaban J connectivity index is 1.64. The number of carbonyl (C=O) groups is 2. The van der Waals surface area contributed by atoms with Crippen molar-refractivity contribution in [1.29, 1.82) is 0 Å².